The summed E-state index contributed by atoms with van der Waals surface area (Å²) in [5.74, 6) is -0.631. The molecule has 0 spiro atoms. The second-order valence-corrected chi connectivity index (χ2v) is 2.75. The van der Waals surface area contributed by atoms with Gasteiger partial charge in [0, 0.05) is 7.05 Å². The lowest BCUT2D eigenvalue weighted by molar-refractivity contribution is -0.383. The minimum Gasteiger partial charge on any atom is -0.368 e. The molecule has 9 heteroatoms. The second kappa shape index (κ2) is 4.87. The van der Waals surface area contributed by atoms with Crippen LogP contribution in [0.15, 0.2) is 6.33 Å². The summed E-state index contributed by atoms with van der Waals surface area (Å²) in [6, 6.07) is 0. The minimum atomic E-state index is -0.644. The van der Waals surface area contributed by atoms with Crippen molar-refractivity contribution in [2.24, 2.45) is 5.73 Å². The molecule has 1 amide bonds. The van der Waals surface area contributed by atoms with E-state index in [2.05, 4.69) is 20.6 Å². The molecule has 9 nitrogen and oxygen atoms in total. The van der Waals surface area contributed by atoms with Crippen LogP contribution in [0.25, 0.3) is 0 Å². The average molecular weight is 226 g/mol. The van der Waals surface area contributed by atoms with Crippen molar-refractivity contribution in [3.63, 3.8) is 0 Å². The van der Waals surface area contributed by atoms with Gasteiger partial charge in [-0.25, -0.2) is 9.97 Å². The van der Waals surface area contributed by atoms with Crippen molar-refractivity contribution in [1.82, 2.24) is 9.97 Å². The predicted molar refractivity (Wildman–Crippen MR) is 55.9 cm³/mol. The number of amides is 1. The first-order valence-corrected chi connectivity index (χ1v) is 4.25. The average Bonchev–Trinajstić information content (AvgIpc) is 2.25. The van der Waals surface area contributed by atoms with Gasteiger partial charge >= 0.3 is 5.69 Å². The molecule has 16 heavy (non-hydrogen) atoms. The Kier molecular flexibility index (Phi) is 3.53. The third-order valence-electron chi connectivity index (χ3n) is 1.67. The highest BCUT2D eigenvalue weighted by atomic mass is 16.6. The van der Waals surface area contributed by atoms with Gasteiger partial charge in [-0.3, -0.25) is 14.9 Å². The summed E-state index contributed by atoms with van der Waals surface area (Å²) in [5.41, 5.74) is 4.58. The third kappa shape index (κ3) is 2.53. The Morgan fingerprint density at radius 1 is 1.56 bits per heavy atom. The quantitative estimate of drug-likeness (QED) is 0.447. The number of hydrogen-bond acceptors (Lipinski definition) is 7. The summed E-state index contributed by atoms with van der Waals surface area (Å²) < 4.78 is 0. The summed E-state index contributed by atoms with van der Waals surface area (Å²) >= 11 is 0. The van der Waals surface area contributed by atoms with E-state index in [-0.39, 0.29) is 23.9 Å². The van der Waals surface area contributed by atoms with Crippen LogP contribution >= 0.6 is 0 Å². The van der Waals surface area contributed by atoms with Gasteiger partial charge in [0.15, 0.2) is 0 Å². The van der Waals surface area contributed by atoms with Gasteiger partial charge in [0.25, 0.3) is 0 Å². The number of aromatic nitrogens is 2. The van der Waals surface area contributed by atoms with E-state index in [1.165, 1.54) is 7.05 Å². The van der Waals surface area contributed by atoms with Crippen molar-refractivity contribution in [1.29, 1.82) is 0 Å². The monoisotopic (exact) mass is 226 g/mol. The molecule has 0 aliphatic carbocycles. The van der Waals surface area contributed by atoms with E-state index in [1.807, 2.05) is 0 Å². The van der Waals surface area contributed by atoms with E-state index in [4.69, 9.17) is 5.73 Å². The number of nitrogens with two attached hydrogens (primary N) is 1. The third-order valence-corrected chi connectivity index (χ3v) is 1.67. The standard InChI is InChI=1S/C7H10N6O3/c1-9-6-5(13(15)16)7(12-3-11-6)10-2-4(8)14/h3H,2H2,1H3,(H2,8,14)(H2,9,10,11,12). The molecule has 0 aliphatic heterocycles. The zero-order chi connectivity index (χ0) is 12.1. The van der Waals surface area contributed by atoms with Crippen molar-refractivity contribution in [3.8, 4) is 0 Å². The molecule has 0 bridgehead atoms. The van der Waals surface area contributed by atoms with Crippen molar-refractivity contribution < 1.29 is 9.72 Å². The largest absolute Gasteiger partial charge is 0.368 e. The van der Waals surface area contributed by atoms with Crippen LogP contribution in [0.2, 0.25) is 0 Å². The molecule has 0 saturated carbocycles. The fraction of sp³-hybridized carbons (Fsp3) is 0.286. The van der Waals surface area contributed by atoms with Crippen LogP contribution in [-0.4, -0.2) is 34.4 Å². The molecule has 0 atom stereocenters. The summed E-state index contributed by atoms with van der Waals surface area (Å²) in [4.78, 5) is 28.0. The van der Waals surface area contributed by atoms with Crippen LogP contribution in [0.3, 0.4) is 0 Å². The molecule has 4 N–H and O–H groups in total. The molecule has 0 aliphatic rings. The zero-order valence-corrected chi connectivity index (χ0v) is 8.43. The van der Waals surface area contributed by atoms with Gasteiger partial charge in [0.2, 0.25) is 17.5 Å². The molecular formula is C7H10N6O3. The lowest BCUT2D eigenvalue weighted by atomic mass is 10.4. The fourth-order valence-corrected chi connectivity index (χ4v) is 1.03. The van der Waals surface area contributed by atoms with Gasteiger partial charge in [0.1, 0.15) is 6.33 Å². The first-order valence-electron chi connectivity index (χ1n) is 4.25. The molecule has 86 valence electrons. The van der Waals surface area contributed by atoms with Gasteiger partial charge in [-0.1, -0.05) is 0 Å². The number of primary amides is 1. The van der Waals surface area contributed by atoms with E-state index in [9.17, 15) is 14.9 Å². The maximum absolute atomic E-state index is 10.8. The molecule has 1 heterocycles. The van der Waals surface area contributed by atoms with Gasteiger partial charge < -0.3 is 16.4 Å². The number of nitrogens with one attached hydrogen (secondary N) is 2. The Morgan fingerprint density at radius 3 is 2.69 bits per heavy atom. The number of hydrogen-bond donors (Lipinski definition) is 3. The minimum absolute atomic E-state index is 0.0526. The van der Waals surface area contributed by atoms with Crippen molar-refractivity contribution in [2.75, 3.05) is 24.2 Å². The summed E-state index contributed by atoms with van der Waals surface area (Å²) in [5, 5.41) is 15.8. The van der Waals surface area contributed by atoms with E-state index in [0.29, 0.717) is 0 Å². The Labute approximate surface area is 90.2 Å². The van der Waals surface area contributed by atoms with Crippen LogP contribution in [0, 0.1) is 10.1 Å². The zero-order valence-electron chi connectivity index (χ0n) is 8.43. The SMILES string of the molecule is CNc1ncnc(NCC(N)=O)c1[N+](=O)[O-]. The molecule has 0 radical (unpaired) electrons. The summed E-state index contributed by atoms with van der Waals surface area (Å²) in [6.07, 6.45) is 1.14. The Balaban J connectivity index is 3.07. The normalized spacial score (nSPS) is 9.56. The first kappa shape index (κ1) is 11.6. The summed E-state index contributed by atoms with van der Waals surface area (Å²) in [6.45, 7) is -0.235. The number of anilines is 2. The number of nitrogens with zero attached hydrogens (tertiary/aromatic N) is 3. The highest BCUT2D eigenvalue weighted by molar-refractivity contribution is 5.80. The van der Waals surface area contributed by atoms with E-state index < -0.39 is 10.8 Å². The van der Waals surface area contributed by atoms with Crippen molar-refractivity contribution in [2.45, 2.75) is 0 Å². The molecule has 0 unspecified atom stereocenters. The highest BCUT2D eigenvalue weighted by Gasteiger charge is 2.21. The molecule has 1 aromatic heterocycles. The molecular weight excluding hydrogens is 216 g/mol. The number of carbonyl (C=O) groups excluding carboxylic acids is 1. The fourth-order valence-electron chi connectivity index (χ4n) is 1.03. The van der Waals surface area contributed by atoms with E-state index in [1.54, 1.807) is 0 Å². The first-order chi connectivity index (χ1) is 7.56. The van der Waals surface area contributed by atoms with Gasteiger partial charge in [-0.2, -0.15) is 0 Å². The maximum Gasteiger partial charge on any atom is 0.353 e. The molecule has 0 saturated heterocycles. The smallest absolute Gasteiger partial charge is 0.353 e. The Hall–Kier alpha value is -2.45. The Bertz CT molecular complexity index is 421. The number of carbonyl (C=O) groups is 1. The van der Waals surface area contributed by atoms with Crippen LogP contribution in [0.4, 0.5) is 17.3 Å². The topological polar surface area (TPSA) is 136 Å². The summed E-state index contributed by atoms with van der Waals surface area (Å²) in [7, 11) is 1.49. The van der Waals surface area contributed by atoms with Crippen LogP contribution in [-0.2, 0) is 4.79 Å². The number of nitro groups is 1. The van der Waals surface area contributed by atoms with E-state index in [0.717, 1.165) is 6.33 Å². The molecule has 0 aromatic carbocycles. The van der Waals surface area contributed by atoms with Crippen molar-refractivity contribution in [3.05, 3.63) is 16.4 Å². The van der Waals surface area contributed by atoms with E-state index >= 15 is 0 Å². The second-order valence-electron chi connectivity index (χ2n) is 2.75. The maximum atomic E-state index is 10.8. The highest BCUT2D eigenvalue weighted by Crippen LogP contribution is 2.27. The van der Waals surface area contributed by atoms with Gasteiger partial charge in [-0.15, -0.1) is 0 Å². The lowest BCUT2D eigenvalue weighted by Gasteiger charge is -2.06. The van der Waals surface area contributed by atoms with Gasteiger partial charge in [0.05, 0.1) is 11.5 Å². The predicted octanol–water partition coefficient (Wildman–Crippen LogP) is -0.676. The molecule has 1 aromatic rings. The van der Waals surface area contributed by atoms with Crippen molar-refractivity contribution >= 4 is 23.2 Å². The van der Waals surface area contributed by atoms with Crippen LogP contribution in [0.5, 0.6) is 0 Å². The molecule has 0 fully saturated rings. The van der Waals surface area contributed by atoms with Crippen LogP contribution in [0.1, 0.15) is 0 Å². The van der Waals surface area contributed by atoms with Gasteiger partial charge in [-0.05, 0) is 0 Å². The number of rotatable bonds is 5. The lowest BCUT2D eigenvalue weighted by Crippen LogP contribution is -2.23. The Morgan fingerprint density at radius 2 is 2.19 bits per heavy atom. The van der Waals surface area contributed by atoms with Crippen LogP contribution < -0.4 is 16.4 Å². The molecule has 1 rings (SSSR count).